The summed E-state index contributed by atoms with van der Waals surface area (Å²) in [6.07, 6.45) is 2.91. The molecule has 0 saturated carbocycles. The maximum atomic E-state index is 14.2. The normalized spacial score (nSPS) is 28.6. The van der Waals surface area contributed by atoms with E-state index in [1.54, 1.807) is 6.08 Å². The van der Waals surface area contributed by atoms with Crippen molar-refractivity contribution in [1.82, 2.24) is 0 Å². The molecular formula is C13H12Cl2FN. The number of hydrogen-bond donors (Lipinski definition) is 1. The quantitative estimate of drug-likeness (QED) is 0.816. The molecule has 0 bridgehead atoms. The van der Waals surface area contributed by atoms with Gasteiger partial charge >= 0.3 is 0 Å². The molecule has 1 aromatic carbocycles. The van der Waals surface area contributed by atoms with Crippen molar-refractivity contribution >= 4 is 28.8 Å². The van der Waals surface area contributed by atoms with E-state index < -0.39 is 11.0 Å². The molecule has 17 heavy (non-hydrogen) atoms. The third-order valence-electron chi connectivity index (χ3n) is 2.81. The van der Waals surface area contributed by atoms with Crippen molar-refractivity contribution in [2.45, 2.75) is 5.13 Å². The second-order valence-corrected chi connectivity index (χ2v) is 4.97. The topological polar surface area (TPSA) is 26.0 Å². The lowest BCUT2D eigenvalue weighted by molar-refractivity contribution is 0.279. The summed E-state index contributed by atoms with van der Waals surface area (Å²) in [7, 11) is 0. The lowest BCUT2D eigenvalue weighted by Crippen LogP contribution is -2.34. The van der Waals surface area contributed by atoms with E-state index in [4.69, 9.17) is 28.9 Å². The van der Waals surface area contributed by atoms with Gasteiger partial charge in [-0.05, 0) is 23.3 Å². The number of benzene rings is 1. The molecule has 0 radical (unpaired) electrons. The summed E-state index contributed by atoms with van der Waals surface area (Å²) in [4.78, 5) is 0. The molecule has 1 nitrogen and oxygen atoms in total. The zero-order valence-electron chi connectivity index (χ0n) is 9.04. The smallest absolute Gasteiger partial charge is 0.211 e. The Morgan fingerprint density at radius 2 is 1.94 bits per heavy atom. The van der Waals surface area contributed by atoms with Crippen LogP contribution >= 0.6 is 23.2 Å². The minimum atomic E-state index is -2.02. The largest absolute Gasteiger partial charge is 0.330 e. The second kappa shape index (κ2) is 4.81. The van der Waals surface area contributed by atoms with Crippen LogP contribution in [0.5, 0.6) is 0 Å². The van der Waals surface area contributed by atoms with Gasteiger partial charge in [-0.2, -0.15) is 0 Å². The highest BCUT2D eigenvalue weighted by Crippen LogP contribution is 2.43. The summed E-state index contributed by atoms with van der Waals surface area (Å²) in [5.41, 5.74) is 7.23. The van der Waals surface area contributed by atoms with Crippen molar-refractivity contribution in [1.29, 1.82) is 0 Å². The van der Waals surface area contributed by atoms with Crippen LogP contribution < -0.4 is 5.73 Å². The van der Waals surface area contributed by atoms with Gasteiger partial charge in [0.25, 0.3) is 0 Å². The van der Waals surface area contributed by atoms with E-state index in [-0.39, 0.29) is 6.54 Å². The highest BCUT2D eigenvalue weighted by Gasteiger charge is 2.39. The Kier molecular flexibility index (Phi) is 3.57. The molecule has 90 valence electrons. The number of rotatable bonds is 2. The SMILES string of the molecule is NCC1C(c2ccccc2)=CC(Cl)=CC1(F)Cl. The van der Waals surface area contributed by atoms with E-state index in [2.05, 4.69) is 0 Å². The minimum absolute atomic E-state index is 0.126. The molecule has 2 atom stereocenters. The zero-order valence-corrected chi connectivity index (χ0v) is 10.5. The van der Waals surface area contributed by atoms with E-state index in [1.807, 2.05) is 30.3 Å². The fraction of sp³-hybridized carbons (Fsp3) is 0.231. The standard InChI is InChI=1S/C13H12Cl2FN/c14-10-6-11(9-4-2-1-3-5-9)12(8-17)13(15,16)7-10/h1-7,12H,8,17H2. The molecule has 0 aliphatic heterocycles. The highest BCUT2D eigenvalue weighted by atomic mass is 35.5. The molecule has 1 aliphatic rings. The van der Waals surface area contributed by atoms with E-state index in [1.165, 1.54) is 6.08 Å². The lowest BCUT2D eigenvalue weighted by atomic mass is 9.85. The Balaban J connectivity index is 2.48. The fourth-order valence-corrected chi connectivity index (χ4v) is 2.64. The van der Waals surface area contributed by atoms with Crippen molar-refractivity contribution in [3.8, 4) is 0 Å². The Hall–Kier alpha value is -0.830. The highest BCUT2D eigenvalue weighted by molar-refractivity contribution is 6.34. The van der Waals surface area contributed by atoms with Gasteiger partial charge in [-0.25, -0.2) is 4.39 Å². The van der Waals surface area contributed by atoms with Crippen LogP contribution in [-0.2, 0) is 0 Å². The number of hydrogen-bond acceptors (Lipinski definition) is 1. The number of halogens is 3. The Morgan fingerprint density at radius 1 is 1.29 bits per heavy atom. The van der Waals surface area contributed by atoms with Gasteiger partial charge in [-0.1, -0.05) is 53.5 Å². The molecule has 0 amide bonds. The molecule has 0 spiro atoms. The predicted molar refractivity (Wildman–Crippen MR) is 70.6 cm³/mol. The summed E-state index contributed by atoms with van der Waals surface area (Å²) in [5, 5.41) is -1.72. The van der Waals surface area contributed by atoms with Crippen LogP contribution in [0.4, 0.5) is 4.39 Å². The number of allylic oxidation sites excluding steroid dienone is 3. The third-order valence-corrected chi connectivity index (χ3v) is 3.40. The molecule has 0 saturated heterocycles. The molecule has 0 aromatic heterocycles. The van der Waals surface area contributed by atoms with Crippen LogP contribution in [0, 0.1) is 5.92 Å². The van der Waals surface area contributed by atoms with Gasteiger partial charge < -0.3 is 5.73 Å². The Bertz CT molecular complexity index is 466. The van der Waals surface area contributed by atoms with Gasteiger partial charge in [0.15, 0.2) is 0 Å². The van der Waals surface area contributed by atoms with Gasteiger partial charge in [-0.15, -0.1) is 0 Å². The van der Waals surface area contributed by atoms with E-state index >= 15 is 0 Å². The molecule has 2 unspecified atom stereocenters. The van der Waals surface area contributed by atoms with Crippen molar-refractivity contribution < 1.29 is 4.39 Å². The van der Waals surface area contributed by atoms with Crippen LogP contribution in [0.3, 0.4) is 0 Å². The van der Waals surface area contributed by atoms with Crippen molar-refractivity contribution in [3.63, 3.8) is 0 Å². The number of alkyl halides is 2. The fourth-order valence-electron chi connectivity index (χ4n) is 1.98. The maximum absolute atomic E-state index is 14.2. The summed E-state index contributed by atoms with van der Waals surface area (Å²) in [5.74, 6) is -0.589. The molecule has 4 heteroatoms. The first-order chi connectivity index (χ1) is 8.04. The van der Waals surface area contributed by atoms with Crippen LogP contribution in [0.2, 0.25) is 0 Å². The molecule has 2 N–H and O–H groups in total. The zero-order chi connectivity index (χ0) is 12.5. The first kappa shape index (κ1) is 12.6. The minimum Gasteiger partial charge on any atom is -0.330 e. The Labute approximate surface area is 110 Å². The van der Waals surface area contributed by atoms with Crippen LogP contribution in [0.1, 0.15) is 5.56 Å². The molecule has 2 rings (SSSR count). The van der Waals surface area contributed by atoms with Gasteiger partial charge in [-0.3, -0.25) is 0 Å². The lowest BCUT2D eigenvalue weighted by Gasteiger charge is -2.30. The molecule has 1 aromatic rings. The average molecular weight is 272 g/mol. The van der Waals surface area contributed by atoms with E-state index in [0.717, 1.165) is 11.1 Å². The third kappa shape index (κ3) is 2.54. The van der Waals surface area contributed by atoms with Crippen LogP contribution in [0.15, 0.2) is 47.5 Å². The first-order valence-electron chi connectivity index (χ1n) is 5.28. The van der Waals surface area contributed by atoms with Crippen LogP contribution in [-0.4, -0.2) is 11.7 Å². The van der Waals surface area contributed by atoms with Gasteiger partial charge in [0.05, 0.1) is 0 Å². The van der Waals surface area contributed by atoms with Crippen molar-refractivity contribution in [3.05, 3.63) is 53.1 Å². The Morgan fingerprint density at radius 3 is 2.53 bits per heavy atom. The number of nitrogens with two attached hydrogens (primary N) is 1. The second-order valence-electron chi connectivity index (χ2n) is 3.96. The van der Waals surface area contributed by atoms with Crippen molar-refractivity contribution in [2.75, 3.05) is 6.54 Å². The average Bonchev–Trinajstić information content (AvgIpc) is 2.28. The van der Waals surface area contributed by atoms with E-state index in [0.29, 0.717) is 5.03 Å². The predicted octanol–water partition coefficient (Wildman–Crippen LogP) is 3.69. The molecular weight excluding hydrogens is 260 g/mol. The van der Waals surface area contributed by atoms with E-state index in [9.17, 15) is 4.39 Å². The maximum Gasteiger partial charge on any atom is 0.211 e. The summed E-state index contributed by atoms with van der Waals surface area (Å²) in [6, 6.07) is 9.42. The molecule has 0 fully saturated rings. The summed E-state index contributed by atoms with van der Waals surface area (Å²) in [6.45, 7) is 0.126. The van der Waals surface area contributed by atoms with Crippen LogP contribution in [0.25, 0.3) is 5.57 Å². The summed E-state index contributed by atoms with van der Waals surface area (Å²) < 4.78 is 14.2. The van der Waals surface area contributed by atoms with Gasteiger partial charge in [0, 0.05) is 17.5 Å². The van der Waals surface area contributed by atoms with Gasteiger partial charge in [0.2, 0.25) is 5.13 Å². The monoisotopic (exact) mass is 271 g/mol. The van der Waals surface area contributed by atoms with Crippen molar-refractivity contribution in [2.24, 2.45) is 11.7 Å². The summed E-state index contributed by atoms with van der Waals surface area (Å²) >= 11 is 11.7. The molecule has 1 aliphatic carbocycles. The first-order valence-corrected chi connectivity index (χ1v) is 6.03. The molecule has 0 heterocycles. The van der Waals surface area contributed by atoms with Gasteiger partial charge in [0.1, 0.15) is 0 Å².